The van der Waals surface area contributed by atoms with Gasteiger partial charge in [0.25, 0.3) is 5.91 Å². The van der Waals surface area contributed by atoms with Gasteiger partial charge in [-0.3, -0.25) is 4.79 Å². The number of aliphatic hydroxyl groups excluding tert-OH is 1. The van der Waals surface area contributed by atoms with Gasteiger partial charge in [-0.1, -0.05) is 0 Å². The highest BCUT2D eigenvalue weighted by atomic mass is 16.3. The number of amides is 1. The first-order chi connectivity index (χ1) is 8.49. The molecule has 0 spiro atoms. The second kappa shape index (κ2) is 5.07. The predicted molar refractivity (Wildman–Crippen MR) is 67.2 cm³/mol. The van der Waals surface area contributed by atoms with E-state index in [0.29, 0.717) is 18.7 Å². The Hall–Kier alpha value is -1.40. The molecule has 100 valence electrons. The fraction of sp³-hybridized carbons (Fsp3) is 0.667. The van der Waals surface area contributed by atoms with Crippen molar-refractivity contribution in [1.29, 1.82) is 0 Å². The molecule has 1 aromatic rings. The fourth-order valence-electron chi connectivity index (χ4n) is 2.45. The van der Waals surface area contributed by atoms with E-state index < -0.39 is 6.10 Å². The summed E-state index contributed by atoms with van der Waals surface area (Å²) >= 11 is 0. The van der Waals surface area contributed by atoms with Crippen LogP contribution in [0.15, 0.2) is 12.5 Å². The van der Waals surface area contributed by atoms with Crippen LogP contribution >= 0.6 is 0 Å². The molecule has 0 radical (unpaired) electrons. The third kappa shape index (κ3) is 2.54. The Morgan fingerprint density at radius 2 is 2.33 bits per heavy atom. The Labute approximate surface area is 107 Å². The molecule has 2 atom stereocenters. The van der Waals surface area contributed by atoms with Gasteiger partial charge in [-0.05, 0) is 20.5 Å². The van der Waals surface area contributed by atoms with Crippen molar-refractivity contribution >= 4 is 5.91 Å². The maximum Gasteiger partial charge on any atom is 0.272 e. The number of carbonyl (C=O) groups is 1. The Kier molecular flexibility index (Phi) is 3.68. The molecule has 1 fully saturated rings. The SMILES string of the molecule is CN(C)CC1CC(O)CN1C(=O)c1cncn1C. The van der Waals surface area contributed by atoms with Gasteiger partial charge in [-0.2, -0.15) is 0 Å². The topological polar surface area (TPSA) is 61.6 Å². The number of aromatic nitrogens is 2. The monoisotopic (exact) mass is 252 g/mol. The average Bonchev–Trinajstić information content (AvgIpc) is 2.83. The van der Waals surface area contributed by atoms with Crippen molar-refractivity contribution < 1.29 is 9.90 Å². The number of likely N-dealkylation sites (N-methyl/N-ethyl adjacent to an activating group) is 1. The molecule has 1 saturated heterocycles. The van der Waals surface area contributed by atoms with E-state index in [1.54, 1.807) is 29.0 Å². The van der Waals surface area contributed by atoms with Gasteiger partial charge < -0.3 is 19.5 Å². The number of likely N-dealkylation sites (tertiary alicyclic amines) is 1. The summed E-state index contributed by atoms with van der Waals surface area (Å²) in [5.74, 6) is -0.0570. The largest absolute Gasteiger partial charge is 0.391 e. The van der Waals surface area contributed by atoms with E-state index in [9.17, 15) is 9.90 Å². The number of aliphatic hydroxyl groups is 1. The first-order valence-corrected chi connectivity index (χ1v) is 6.09. The molecule has 1 amide bonds. The van der Waals surface area contributed by atoms with Crippen LogP contribution in [0.25, 0.3) is 0 Å². The highest BCUT2D eigenvalue weighted by Crippen LogP contribution is 2.20. The molecule has 1 aromatic heterocycles. The van der Waals surface area contributed by atoms with Gasteiger partial charge in [-0.25, -0.2) is 4.98 Å². The summed E-state index contributed by atoms with van der Waals surface area (Å²) in [6, 6.07) is 0.0670. The second-order valence-electron chi connectivity index (χ2n) is 5.15. The molecule has 2 rings (SSSR count). The van der Waals surface area contributed by atoms with Crippen LogP contribution in [-0.2, 0) is 7.05 Å². The molecule has 0 aromatic carbocycles. The molecule has 6 nitrogen and oxygen atoms in total. The van der Waals surface area contributed by atoms with Crippen molar-refractivity contribution in [2.45, 2.75) is 18.6 Å². The molecule has 2 heterocycles. The number of aryl methyl sites for hydroxylation is 1. The summed E-state index contributed by atoms with van der Waals surface area (Å²) in [5.41, 5.74) is 0.563. The number of hydrogen-bond acceptors (Lipinski definition) is 4. The first kappa shape index (κ1) is 13.0. The summed E-state index contributed by atoms with van der Waals surface area (Å²) in [5, 5.41) is 9.76. The average molecular weight is 252 g/mol. The molecule has 0 saturated carbocycles. The lowest BCUT2D eigenvalue weighted by atomic mass is 10.2. The third-order valence-corrected chi connectivity index (χ3v) is 3.26. The van der Waals surface area contributed by atoms with Crippen molar-refractivity contribution in [1.82, 2.24) is 19.4 Å². The molecule has 1 aliphatic heterocycles. The smallest absolute Gasteiger partial charge is 0.272 e. The molecule has 1 aliphatic rings. The van der Waals surface area contributed by atoms with E-state index in [4.69, 9.17) is 0 Å². The molecule has 0 bridgehead atoms. The van der Waals surface area contributed by atoms with Crippen LogP contribution in [0.4, 0.5) is 0 Å². The van der Waals surface area contributed by atoms with Crippen LogP contribution in [0.1, 0.15) is 16.9 Å². The number of β-amino-alcohol motifs (C(OH)–C–C–N with tert-alkyl or cyclic N) is 1. The number of imidazole rings is 1. The van der Waals surface area contributed by atoms with E-state index >= 15 is 0 Å². The minimum Gasteiger partial charge on any atom is -0.391 e. The van der Waals surface area contributed by atoms with Crippen LogP contribution < -0.4 is 0 Å². The molecular weight excluding hydrogens is 232 g/mol. The summed E-state index contributed by atoms with van der Waals surface area (Å²) in [4.78, 5) is 20.1. The Balaban J connectivity index is 2.15. The number of hydrogen-bond donors (Lipinski definition) is 1. The standard InChI is InChI=1S/C12H20N4O2/c1-14(2)6-9-4-10(17)7-16(9)12(18)11-5-13-8-15(11)3/h5,8-10,17H,4,6-7H2,1-3H3. The molecule has 0 aliphatic carbocycles. The number of rotatable bonds is 3. The molecular formula is C12H20N4O2. The van der Waals surface area contributed by atoms with Crippen molar-refractivity contribution in [3.05, 3.63) is 18.2 Å². The van der Waals surface area contributed by atoms with Gasteiger partial charge in [0.2, 0.25) is 0 Å². The Bertz CT molecular complexity index is 429. The zero-order valence-corrected chi connectivity index (χ0v) is 11.1. The maximum absolute atomic E-state index is 12.4. The Morgan fingerprint density at radius 3 is 2.89 bits per heavy atom. The van der Waals surface area contributed by atoms with Crippen LogP contribution in [-0.4, -0.2) is 69.7 Å². The predicted octanol–water partition coefficient (Wildman–Crippen LogP) is -0.443. The number of carbonyl (C=O) groups excluding carboxylic acids is 1. The lowest BCUT2D eigenvalue weighted by Gasteiger charge is -2.26. The van der Waals surface area contributed by atoms with Crippen LogP contribution in [0.5, 0.6) is 0 Å². The van der Waals surface area contributed by atoms with E-state index in [1.165, 1.54) is 0 Å². The summed E-state index contributed by atoms with van der Waals surface area (Å²) in [7, 11) is 5.74. The number of nitrogens with zero attached hydrogens (tertiary/aromatic N) is 4. The first-order valence-electron chi connectivity index (χ1n) is 6.09. The summed E-state index contributed by atoms with van der Waals surface area (Å²) < 4.78 is 1.71. The minimum absolute atomic E-state index is 0.0570. The van der Waals surface area contributed by atoms with E-state index in [-0.39, 0.29) is 11.9 Å². The van der Waals surface area contributed by atoms with E-state index in [2.05, 4.69) is 4.98 Å². The normalized spacial score (nSPS) is 23.9. The van der Waals surface area contributed by atoms with Crippen molar-refractivity contribution in [3.8, 4) is 0 Å². The third-order valence-electron chi connectivity index (χ3n) is 3.26. The van der Waals surface area contributed by atoms with Gasteiger partial charge in [0, 0.05) is 26.2 Å². The lowest BCUT2D eigenvalue weighted by Crippen LogP contribution is -2.42. The zero-order valence-electron chi connectivity index (χ0n) is 11.1. The highest BCUT2D eigenvalue weighted by molar-refractivity contribution is 5.92. The summed E-state index contributed by atoms with van der Waals surface area (Å²) in [6.45, 7) is 1.17. The van der Waals surface area contributed by atoms with Gasteiger partial charge in [0.15, 0.2) is 0 Å². The van der Waals surface area contributed by atoms with Gasteiger partial charge >= 0.3 is 0 Å². The molecule has 18 heavy (non-hydrogen) atoms. The van der Waals surface area contributed by atoms with Crippen LogP contribution in [0.3, 0.4) is 0 Å². The molecule has 1 N–H and O–H groups in total. The van der Waals surface area contributed by atoms with Crippen molar-refractivity contribution in [3.63, 3.8) is 0 Å². The van der Waals surface area contributed by atoms with Crippen LogP contribution in [0.2, 0.25) is 0 Å². The van der Waals surface area contributed by atoms with E-state index in [0.717, 1.165) is 6.54 Å². The van der Waals surface area contributed by atoms with Crippen molar-refractivity contribution in [2.24, 2.45) is 7.05 Å². The molecule has 6 heteroatoms. The zero-order chi connectivity index (χ0) is 13.3. The van der Waals surface area contributed by atoms with E-state index in [1.807, 2.05) is 19.0 Å². The van der Waals surface area contributed by atoms with Crippen LogP contribution in [0, 0.1) is 0 Å². The summed E-state index contributed by atoms with van der Waals surface area (Å²) in [6.07, 6.45) is 3.40. The lowest BCUT2D eigenvalue weighted by molar-refractivity contribution is 0.0689. The fourth-order valence-corrected chi connectivity index (χ4v) is 2.45. The van der Waals surface area contributed by atoms with Gasteiger partial charge in [-0.15, -0.1) is 0 Å². The highest BCUT2D eigenvalue weighted by Gasteiger charge is 2.35. The minimum atomic E-state index is -0.424. The molecule has 2 unspecified atom stereocenters. The van der Waals surface area contributed by atoms with Gasteiger partial charge in [0.1, 0.15) is 5.69 Å². The second-order valence-corrected chi connectivity index (χ2v) is 5.15. The quantitative estimate of drug-likeness (QED) is 0.792. The Morgan fingerprint density at radius 1 is 1.61 bits per heavy atom. The van der Waals surface area contributed by atoms with Crippen molar-refractivity contribution in [2.75, 3.05) is 27.2 Å². The maximum atomic E-state index is 12.4. The van der Waals surface area contributed by atoms with Gasteiger partial charge in [0.05, 0.1) is 18.6 Å².